The van der Waals surface area contributed by atoms with Crippen molar-refractivity contribution in [1.82, 2.24) is 10.6 Å². The number of hydrogen-bond acceptors (Lipinski definition) is 6. The van der Waals surface area contributed by atoms with Crippen LogP contribution in [0.25, 0.3) is 0 Å². The van der Waals surface area contributed by atoms with Gasteiger partial charge in [0.05, 0.1) is 22.3 Å². The summed E-state index contributed by atoms with van der Waals surface area (Å²) >= 11 is 0. The van der Waals surface area contributed by atoms with Crippen LogP contribution < -0.4 is 20.4 Å². The van der Waals surface area contributed by atoms with Crippen LogP contribution in [0.2, 0.25) is 0 Å². The third kappa shape index (κ3) is 4.47. The topological polar surface area (TPSA) is 133 Å². The number of benzene rings is 3. The van der Waals surface area contributed by atoms with Gasteiger partial charge in [-0.2, -0.15) is 0 Å². The second-order valence-corrected chi connectivity index (χ2v) is 9.01. The molecule has 0 saturated heterocycles. The number of rotatable bonds is 8. The second kappa shape index (κ2) is 10.3. The van der Waals surface area contributed by atoms with Gasteiger partial charge in [0.25, 0.3) is 35.4 Å². The van der Waals surface area contributed by atoms with Crippen LogP contribution in [-0.2, 0) is 0 Å². The van der Waals surface area contributed by atoms with Crippen molar-refractivity contribution in [2.45, 2.75) is 0 Å². The molecule has 2 aliphatic heterocycles. The summed E-state index contributed by atoms with van der Waals surface area (Å²) < 4.78 is 0. The molecule has 0 aliphatic carbocycles. The zero-order valence-electron chi connectivity index (χ0n) is 21.1. The van der Waals surface area contributed by atoms with E-state index in [1.165, 1.54) is 70.5 Å². The van der Waals surface area contributed by atoms with Crippen molar-refractivity contribution in [3.8, 4) is 0 Å². The molecule has 10 heteroatoms. The number of fused-ring (bicyclic) bond motifs is 2. The summed E-state index contributed by atoms with van der Waals surface area (Å²) in [5.41, 5.74) is 2.21. The van der Waals surface area contributed by atoms with Gasteiger partial charge in [-0.05, 0) is 60.7 Å². The molecule has 0 aromatic heterocycles. The van der Waals surface area contributed by atoms with Crippen molar-refractivity contribution >= 4 is 46.8 Å². The average Bonchev–Trinajstić information content (AvgIpc) is 3.41. The van der Waals surface area contributed by atoms with E-state index in [0.717, 1.165) is 0 Å². The monoisotopic (exact) mass is 534 g/mol. The fraction of sp³-hybridized carbons (Fsp3) is 0.0667. The van der Waals surface area contributed by atoms with Gasteiger partial charge in [0.15, 0.2) is 0 Å². The first-order valence-corrected chi connectivity index (χ1v) is 12.2. The Balaban J connectivity index is 1.40. The molecule has 0 spiro atoms. The zero-order chi connectivity index (χ0) is 28.6. The predicted octanol–water partition coefficient (Wildman–Crippen LogP) is 3.12. The Hall–Kier alpha value is -5.64. The molecular weight excluding hydrogens is 512 g/mol. The average molecular weight is 535 g/mol. The van der Waals surface area contributed by atoms with Crippen LogP contribution in [0.4, 0.5) is 11.4 Å². The van der Waals surface area contributed by atoms with Gasteiger partial charge in [0.2, 0.25) is 0 Å². The summed E-state index contributed by atoms with van der Waals surface area (Å²) in [5, 5.41) is 4.45. The fourth-order valence-electron chi connectivity index (χ4n) is 4.58. The van der Waals surface area contributed by atoms with Crippen LogP contribution in [0.15, 0.2) is 86.0 Å². The smallest absolute Gasteiger partial charge is 0.259 e. The van der Waals surface area contributed by atoms with Crippen LogP contribution >= 0.6 is 0 Å². The van der Waals surface area contributed by atoms with E-state index in [4.69, 9.17) is 0 Å². The van der Waals surface area contributed by atoms with Crippen molar-refractivity contribution < 1.29 is 28.8 Å². The molecule has 2 N–H and O–H groups in total. The minimum atomic E-state index is -0.532. The van der Waals surface area contributed by atoms with Crippen LogP contribution in [0.3, 0.4) is 0 Å². The number of carbonyl (C=O) groups is 6. The maximum Gasteiger partial charge on any atom is 0.259 e. The molecule has 3 aromatic carbocycles. The van der Waals surface area contributed by atoms with Gasteiger partial charge < -0.3 is 9.80 Å². The summed E-state index contributed by atoms with van der Waals surface area (Å²) in [6.45, 7) is 7.68. The summed E-state index contributed by atoms with van der Waals surface area (Å²) in [4.78, 5) is 77.6. The van der Waals surface area contributed by atoms with Crippen molar-refractivity contribution in [3.63, 3.8) is 0 Å². The number of carbonyl (C=O) groups excluding carboxylic acids is 6. The number of anilines is 2. The van der Waals surface area contributed by atoms with E-state index in [2.05, 4.69) is 23.8 Å². The number of imide groups is 2. The van der Waals surface area contributed by atoms with Crippen LogP contribution in [0.5, 0.6) is 0 Å². The minimum absolute atomic E-state index is 0.134. The van der Waals surface area contributed by atoms with E-state index < -0.39 is 35.4 Å². The maximum atomic E-state index is 13.4. The lowest BCUT2D eigenvalue weighted by Gasteiger charge is -2.23. The molecule has 6 amide bonds. The van der Waals surface area contributed by atoms with E-state index in [0.29, 0.717) is 11.4 Å². The lowest BCUT2D eigenvalue weighted by molar-refractivity contribution is 0.0863. The minimum Gasteiger partial charge on any atom is -0.305 e. The number of hydrogen-bond donors (Lipinski definition) is 2. The highest BCUT2D eigenvalue weighted by atomic mass is 16.2. The summed E-state index contributed by atoms with van der Waals surface area (Å²) in [6.07, 6.45) is 3.07. The fourth-order valence-corrected chi connectivity index (χ4v) is 4.58. The molecular formula is C30H22N4O6. The molecule has 5 rings (SSSR count). The molecule has 0 saturated carbocycles. The first kappa shape index (κ1) is 26.0. The third-order valence-electron chi connectivity index (χ3n) is 6.55. The largest absolute Gasteiger partial charge is 0.305 e. The molecule has 10 nitrogen and oxygen atoms in total. The molecule has 2 aliphatic rings. The van der Waals surface area contributed by atoms with Gasteiger partial charge >= 0.3 is 0 Å². The SMILES string of the molecule is C=CCN(C(=O)c1ccc(C(=O)N(CC=C)c2ccc3c(c2)C(=O)NC3=O)cc1)c1ccc2c(c1)C(=O)NC2=O. The Morgan fingerprint density at radius 2 is 0.925 bits per heavy atom. The Morgan fingerprint density at radius 1 is 0.575 bits per heavy atom. The molecule has 0 bridgehead atoms. The van der Waals surface area contributed by atoms with Crippen LogP contribution in [0.1, 0.15) is 62.1 Å². The second-order valence-electron chi connectivity index (χ2n) is 9.01. The molecule has 40 heavy (non-hydrogen) atoms. The number of nitrogens with zero attached hydrogens (tertiary/aromatic N) is 2. The van der Waals surface area contributed by atoms with Crippen molar-refractivity contribution in [3.05, 3.63) is 119 Å². The molecule has 0 fully saturated rings. The number of amides is 6. The first-order chi connectivity index (χ1) is 19.2. The van der Waals surface area contributed by atoms with Crippen molar-refractivity contribution in [1.29, 1.82) is 0 Å². The lowest BCUT2D eigenvalue weighted by atomic mass is 10.1. The van der Waals surface area contributed by atoms with Gasteiger partial charge in [-0.15, -0.1) is 13.2 Å². The van der Waals surface area contributed by atoms with Gasteiger partial charge in [-0.25, -0.2) is 0 Å². The summed E-state index contributed by atoms with van der Waals surface area (Å²) in [5.74, 6) is -2.85. The standard InChI is InChI=1S/C30H22N4O6/c1-3-13-33(19-9-11-21-23(15-19)27(37)31-25(21)35)29(39)17-5-7-18(8-6-17)30(40)34(14-4-2)20-10-12-22-24(16-20)28(38)32-26(22)36/h3-12,15-16H,1-2,13-14H2,(H,31,35,37)(H,32,36,38). The third-order valence-corrected chi connectivity index (χ3v) is 6.55. The van der Waals surface area contributed by atoms with E-state index >= 15 is 0 Å². The molecule has 0 radical (unpaired) electrons. The Kier molecular flexibility index (Phi) is 6.66. The lowest BCUT2D eigenvalue weighted by Crippen LogP contribution is -2.32. The zero-order valence-corrected chi connectivity index (χ0v) is 21.1. The molecule has 3 aromatic rings. The van der Waals surface area contributed by atoms with E-state index in [1.54, 1.807) is 12.1 Å². The van der Waals surface area contributed by atoms with Gasteiger partial charge in [-0.3, -0.25) is 39.4 Å². The Bertz CT molecular complexity index is 1530. The molecule has 2 heterocycles. The highest BCUT2D eigenvalue weighted by molar-refractivity contribution is 6.23. The van der Waals surface area contributed by atoms with Gasteiger partial charge in [0.1, 0.15) is 0 Å². The van der Waals surface area contributed by atoms with E-state index in [-0.39, 0.29) is 46.5 Å². The van der Waals surface area contributed by atoms with E-state index in [9.17, 15) is 28.8 Å². The summed E-state index contributed by atoms with van der Waals surface area (Å²) in [7, 11) is 0. The summed E-state index contributed by atoms with van der Waals surface area (Å²) in [6, 6.07) is 15.1. The first-order valence-electron chi connectivity index (χ1n) is 12.2. The maximum absolute atomic E-state index is 13.4. The Labute approximate surface area is 228 Å². The van der Waals surface area contributed by atoms with Gasteiger partial charge in [0, 0.05) is 35.6 Å². The number of nitrogens with one attached hydrogen (secondary N) is 2. The van der Waals surface area contributed by atoms with Crippen LogP contribution in [-0.4, -0.2) is 48.5 Å². The van der Waals surface area contributed by atoms with E-state index in [1.807, 2.05) is 0 Å². The van der Waals surface area contributed by atoms with Gasteiger partial charge in [-0.1, -0.05) is 12.2 Å². The normalized spacial score (nSPS) is 13.2. The van der Waals surface area contributed by atoms with Crippen LogP contribution in [0, 0.1) is 0 Å². The molecule has 198 valence electrons. The predicted molar refractivity (Wildman–Crippen MR) is 147 cm³/mol. The van der Waals surface area contributed by atoms with Crippen molar-refractivity contribution in [2.24, 2.45) is 0 Å². The molecule has 0 unspecified atom stereocenters. The molecule has 0 atom stereocenters. The Morgan fingerprint density at radius 3 is 1.27 bits per heavy atom. The highest BCUT2D eigenvalue weighted by Crippen LogP contribution is 2.26. The quantitative estimate of drug-likeness (QED) is 0.337. The highest BCUT2D eigenvalue weighted by Gasteiger charge is 2.30. The van der Waals surface area contributed by atoms with Crippen molar-refractivity contribution in [2.75, 3.05) is 22.9 Å².